The summed E-state index contributed by atoms with van der Waals surface area (Å²) in [6.07, 6.45) is 3.43. The van der Waals surface area contributed by atoms with E-state index in [1.54, 1.807) is 6.08 Å². The van der Waals surface area contributed by atoms with E-state index in [0.29, 0.717) is 0 Å². The van der Waals surface area contributed by atoms with E-state index < -0.39 is 0 Å². The lowest BCUT2D eigenvalue weighted by Gasteiger charge is -2.07. The Bertz CT molecular complexity index is 933. The summed E-state index contributed by atoms with van der Waals surface area (Å²) < 4.78 is 0. The number of amides is 2. The van der Waals surface area contributed by atoms with Crippen LogP contribution in [0.1, 0.15) is 12.0 Å². The largest absolute Gasteiger partial charge is 0.352 e. The van der Waals surface area contributed by atoms with E-state index >= 15 is 0 Å². The lowest BCUT2D eigenvalue weighted by Crippen LogP contribution is -2.26. The Morgan fingerprint density at radius 1 is 0.846 bits per heavy atom. The number of benzene rings is 3. The molecule has 4 nitrogen and oxygen atoms in total. The summed E-state index contributed by atoms with van der Waals surface area (Å²) in [6, 6.07) is 23.3. The molecule has 0 aliphatic heterocycles. The van der Waals surface area contributed by atoms with E-state index in [1.807, 2.05) is 72.8 Å². The molecule has 0 unspecified atom stereocenters. The van der Waals surface area contributed by atoms with Gasteiger partial charge in [0, 0.05) is 24.7 Å². The molecule has 0 aliphatic rings. The average Bonchev–Trinajstić information content (AvgIpc) is 2.67. The van der Waals surface area contributed by atoms with Gasteiger partial charge < -0.3 is 10.6 Å². The molecule has 0 saturated carbocycles. The number of hydrogen-bond donors (Lipinski definition) is 2. The molecule has 0 bridgehead atoms. The van der Waals surface area contributed by atoms with Gasteiger partial charge in [-0.2, -0.15) is 0 Å². The van der Waals surface area contributed by atoms with Gasteiger partial charge in [0.25, 0.3) is 0 Å². The van der Waals surface area contributed by atoms with Gasteiger partial charge in [-0.05, 0) is 34.5 Å². The zero-order chi connectivity index (χ0) is 18.2. The second-order valence-electron chi connectivity index (χ2n) is 5.90. The first-order valence-corrected chi connectivity index (χ1v) is 8.50. The predicted molar refractivity (Wildman–Crippen MR) is 106 cm³/mol. The van der Waals surface area contributed by atoms with E-state index in [1.165, 1.54) is 6.08 Å². The molecule has 3 rings (SSSR count). The third kappa shape index (κ3) is 5.05. The molecule has 0 fully saturated rings. The normalized spacial score (nSPS) is 10.8. The number of rotatable bonds is 6. The number of carbonyl (C=O) groups is 2. The van der Waals surface area contributed by atoms with Crippen LogP contribution in [0.4, 0.5) is 5.69 Å². The van der Waals surface area contributed by atoms with Crippen LogP contribution in [0.25, 0.3) is 16.8 Å². The Morgan fingerprint density at radius 3 is 2.38 bits per heavy atom. The molecule has 0 saturated heterocycles. The van der Waals surface area contributed by atoms with E-state index in [9.17, 15) is 9.59 Å². The van der Waals surface area contributed by atoms with Gasteiger partial charge in [-0.25, -0.2) is 0 Å². The minimum Gasteiger partial charge on any atom is -0.352 e. The SMILES string of the molecule is O=C(/C=C/c1ccccc1)NCCC(=O)Nc1ccc2ccccc2c1. The molecule has 2 amide bonds. The molecule has 130 valence electrons. The Labute approximate surface area is 152 Å². The number of fused-ring (bicyclic) bond motifs is 1. The summed E-state index contributed by atoms with van der Waals surface area (Å²) in [5.74, 6) is -0.347. The van der Waals surface area contributed by atoms with Crippen molar-refractivity contribution in [2.75, 3.05) is 11.9 Å². The van der Waals surface area contributed by atoms with Gasteiger partial charge in [-0.1, -0.05) is 60.7 Å². The first-order chi connectivity index (χ1) is 12.7. The fourth-order valence-electron chi connectivity index (χ4n) is 2.58. The molecule has 2 N–H and O–H groups in total. The van der Waals surface area contributed by atoms with Crippen molar-refractivity contribution in [2.24, 2.45) is 0 Å². The minimum absolute atomic E-state index is 0.132. The van der Waals surface area contributed by atoms with Crippen LogP contribution in [-0.2, 0) is 9.59 Å². The van der Waals surface area contributed by atoms with E-state index in [0.717, 1.165) is 22.0 Å². The van der Waals surface area contributed by atoms with Crippen molar-refractivity contribution in [3.63, 3.8) is 0 Å². The summed E-state index contributed by atoms with van der Waals surface area (Å²) in [7, 11) is 0. The highest BCUT2D eigenvalue weighted by Gasteiger charge is 2.04. The predicted octanol–water partition coefficient (Wildman–Crippen LogP) is 4.00. The van der Waals surface area contributed by atoms with Crippen molar-refractivity contribution < 1.29 is 9.59 Å². The second kappa shape index (κ2) is 8.62. The fraction of sp³-hybridized carbons (Fsp3) is 0.0909. The average molecular weight is 344 g/mol. The standard InChI is InChI=1S/C22H20N2O2/c25-21(13-10-17-6-2-1-3-7-17)23-15-14-22(26)24-20-12-11-18-8-4-5-9-19(18)16-20/h1-13,16H,14-15H2,(H,23,25)(H,24,26)/b13-10+. The molecule has 3 aromatic rings. The van der Waals surface area contributed by atoms with Crippen LogP contribution in [0.2, 0.25) is 0 Å². The maximum Gasteiger partial charge on any atom is 0.244 e. The first kappa shape index (κ1) is 17.4. The summed E-state index contributed by atoms with van der Waals surface area (Å²) in [5.41, 5.74) is 1.71. The van der Waals surface area contributed by atoms with Gasteiger partial charge in [0.1, 0.15) is 0 Å². The van der Waals surface area contributed by atoms with Crippen molar-refractivity contribution >= 4 is 34.4 Å². The lowest BCUT2D eigenvalue weighted by atomic mass is 10.1. The van der Waals surface area contributed by atoms with Crippen LogP contribution in [-0.4, -0.2) is 18.4 Å². The highest BCUT2D eigenvalue weighted by molar-refractivity contribution is 5.95. The second-order valence-corrected chi connectivity index (χ2v) is 5.90. The summed E-state index contributed by atoms with van der Waals surface area (Å²) in [4.78, 5) is 23.8. The summed E-state index contributed by atoms with van der Waals surface area (Å²) >= 11 is 0. The highest BCUT2D eigenvalue weighted by Crippen LogP contribution is 2.18. The van der Waals surface area contributed by atoms with Gasteiger partial charge in [0.05, 0.1) is 0 Å². The minimum atomic E-state index is -0.215. The van der Waals surface area contributed by atoms with Crippen molar-refractivity contribution in [3.05, 3.63) is 84.4 Å². The smallest absolute Gasteiger partial charge is 0.244 e. The third-order valence-corrected chi connectivity index (χ3v) is 3.91. The van der Waals surface area contributed by atoms with Gasteiger partial charge in [0.2, 0.25) is 11.8 Å². The molecule has 0 aromatic heterocycles. The van der Waals surface area contributed by atoms with Crippen LogP contribution in [0, 0.1) is 0 Å². The number of carbonyl (C=O) groups excluding carboxylic acids is 2. The highest BCUT2D eigenvalue weighted by atomic mass is 16.2. The Hall–Kier alpha value is -3.40. The number of anilines is 1. The van der Waals surface area contributed by atoms with Crippen LogP contribution in [0.15, 0.2) is 78.9 Å². The van der Waals surface area contributed by atoms with Crippen LogP contribution in [0.3, 0.4) is 0 Å². The quantitative estimate of drug-likeness (QED) is 0.664. The maximum absolute atomic E-state index is 12.0. The first-order valence-electron chi connectivity index (χ1n) is 8.50. The van der Waals surface area contributed by atoms with Gasteiger partial charge >= 0.3 is 0 Å². The monoisotopic (exact) mass is 344 g/mol. The summed E-state index contributed by atoms with van der Waals surface area (Å²) in [6.45, 7) is 0.289. The molecular formula is C22H20N2O2. The van der Waals surface area contributed by atoms with E-state index in [2.05, 4.69) is 10.6 Å². The Kier molecular flexibility index (Phi) is 5.78. The zero-order valence-electron chi connectivity index (χ0n) is 14.3. The van der Waals surface area contributed by atoms with Gasteiger partial charge in [-0.3, -0.25) is 9.59 Å². The van der Waals surface area contributed by atoms with E-state index in [-0.39, 0.29) is 24.8 Å². The number of hydrogen-bond acceptors (Lipinski definition) is 2. The third-order valence-electron chi connectivity index (χ3n) is 3.91. The molecule has 4 heteroatoms. The number of nitrogens with one attached hydrogen (secondary N) is 2. The summed E-state index contributed by atoms with van der Waals surface area (Å²) in [5, 5.41) is 7.77. The van der Waals surface area contributed by atoms with Crippen molar-refractivity contribution in [2.45, 2.75) is 6.42 Å². The van der Waals surface area contributed by atoms with Gasteiger partial charge in [0.15, 0.2) is 0 Å². The molecule has 0 radical (unpaired) electrons. The molecule has 0 heterocycles. The molecule has 0 spiro atoms. The van der Waals surface area contributed by atoms with Crippen molar-refractivity contribution in [1.82, 2.24) is 5.32 Å². The molecule has 26 heavy (non-hydrogen) atoms. The van der Waals surface area contributed by atoms with E-state index in [4.69, 9.17) is 0 Å². The van der Waals surface area contributed by atoms with Crippen molar-refractivity contribution in [1.29, 1.82) is 0 Å². The maximum atomic E-state index is 12.0. The topological polar surface area (TPSA) is 58.2 Å². The molecule has 3 aromatic carbocycles. The molecule has 0 aliphatic carbocycles. The van der Waals surface area contributed by atoms with Crippen LogP contribution in [0.5, 0.6) is 0 Å². The fourth-order valence-corrected chi connectivity index (χ4v) is 2.58. The van der Waals surface area contributed by atoms with Crippen LogP contribution >= 0.6 is 0 Å². The van der Waals surface area contributed by atoms with Gasteiger partial charge in [-0.15, -0.1) is 0 Å². The molecule has 0 atom stereocenters. The molecular weight excluding hydrogens is 324 g/mol. The van der Waals surface area contributed by atoms with Crippen molar-refractivity contribution in [3.8, 4) is 0 Å². The Balaban J connectivity index is 1.44. The lowest BCUT2D eigenvalue weighted by molar-refractivity contribution is -0.117. The zero-order valence-corrected chi connectivity index (χ0v) is 14.3. The Morgan fingerprint density at radius 2 is 1.58 bits per heavy atom. The van der Waals surface area contributed by atoms with Crippen LogP contribution < -0.4 is 10.6 Å².